The summed E-state index contributed by atoms with van der Waals surface area (Å²) in [5, 5.41) is 0.338. The average Bonchev–Trinajstić information content (AvgIpc) is 2.47. The van der Waals surface area contributed by atoms with Crippen LogP contribution in [0.4, 0.5) is 0 Å². The van der Waals surface area contributed by atoms with Gasteiger partial charge in [-0.2, -0.15) is 0 Å². The van der Waals surface area contributed by atoms with Crippen LogP contribution in [0.15, 0.2) is 10.6 Å². The SMILES string of the molecule is CN1CCCCC(C2=C(Cl)C(=O)CCC2)C1=O. The Morgan fingerprint density at radius 3 is 2.71 bits per heavy atom. The Morgan fingerprint density at radius 1 is 1.18 bits per heavy atom. The lowest BCUT2D eigenvalue weighted by Crippen LogP contribution is -2.33. The Bertz CT molecular complexity index is 376. The Morgan fingerprint density at radius 2 is 1.94 bits per heavy atom. The quantitative estimate of drug-likeness (QED) is 0.722. The van der Waals surface area contributed by atoms with Crippen molar-refractivity contribution in [3.8, 4) is 0 Å². The van der Waals surface area contributed by atoms with Gasteiger partial charge in [-0.25, -0.2) is 0 Å². The van der Waals surface area contributed by atoms with E-state index < -0.39 is 0 Å². The summed E-state index contributed by atoms with van der Waals surface area (Å²) in [4.78, 5) is 25.6. The molecule has 17 heavy (non-hydrogen) atoms. The predicted octanol–water partition coefficient (Wildman–Crippen LogP) is 2.49. The molecule has 2 aliphatic rings. The van der Waals surface area contributed by atoms with Gasteiger partial charge < -0.3 is 4.90 Å². The van der Waals surface area contributed by atoms with Gasteiger partial charge in [0.15, 0.2) is 5.78 Å². The minimum Gasteiger partial charge on any atom is -0.345 e. The Kier molecular flexibility index (Phi) is 3.87. The highest BCUT2D eigenvalue weighted by Crippen LogP contribution is 2.34. The summed E-state index contributed by atoms with van der Waals surface area (Å²) in [5.74, 6) is -0.0165. The first-order valence-corrected chi connectivity index (χ1v) is 6.65. The molecule has 0 N–H and O–H groups in total. The smallest absolute Gasteiger partial charge is 0.229 e. The lowest BCUT2D eigenvalue weighted by Gasteiger charge is -2.25. The molecule has 0 saturated carbocycles. The highest BCUT2D eigenvalue weighted by molar-refractivity contribution is 6.43. The molecule has 3 nitrogen and oxygen atoms in total. The van der Waals surface area contributed by atoms with E-state index in [0.29, 0.717) is 11.5 Å². The van der Waals surface area contributed by atoms with Crippen molar-refractivity contribution in [2.45, 2.75) is 38.5 Å². The number of allylic oxidation sites excluding steroid dienone is 1. The molecule has 1 amide bonds. The molecule has 1 aliphatic heterocycles. The number of carbonyl (C=O) groups is 2. The fraction of sp³-hybridized carbons (Fsp3) is 0.692. The number of carbonyl (C=O) groups excluding carboxylic acids is 2. The van der Waals surface area contributed by atoms with Crippen LogP contribution in [0.3, 0.4) is 0 Å². The molecular weight excluding hydrogens is 238 g/mol. The van der Waals surface area contributed by atoms with Crippen molar-refractivity contribution in [2.75, 3.05) is 13.6 Å². The second kappa shape index (κ2) is 5.21. The largest absolute Gasteiger partial charge is 0.345 e. The highest BCUT2D eigenvalue weighted by atomic mass is 35.5. The van der Waals surface area contributed by atoms with Crippen LogP contribution in [0, 0.1) is 5.92 Å². The van der Waals surface area contributed by atoms with Gasteiger partial charge in [0.1, 0.15) is 0 Å². The topological polar surface area (TPSA) is 37.4 Å². The number of likely N-dealkylation sites (tertiary alicyclic amines) is 1. The first kappa shape index (κ1) is 12.6. The van der Waals surface area contributed by atoms with Crippen molar-refractivity contribution in [2.24, 2.45) is 5.92 Å². The summed E-state index contributed by atoms with van der Waals surface area (Å²) >= 11 is 6.09. The molecule has 1 saturated heterocycles. The van der Waals surface area contributed by atoms with Crippen LogP contribution in [0.1, 0.15) is 38.5 Å². The molecule has 0 spiro atoms. The third kappa shape index (κ3) is 2.54. The molecule has 1 atom stereocenters. The molecule has 0 radical (unpaired) electrons. The van der Waals surface area contributed by atoms with Crippen molar-refractivity contribution in [3.05, 3.63) is 10.6 Å². The van der Waals surface area contributed by atoms with Crippen molar-refractivity contribution < 1.29 is 9.59 Å². The summed E-state index contributed by atoms with van der Waals surface area (Å²) in [6.07, 6.45) is 5.06. The molecule has 0 bridgehead atoms. The first-order valence-electron chi connectivity index (χ1n) is 6.28. The van der Waals surface area contributed by atoms with E-state index in [-0.39, 0.29) is 17.6 Å². The van der Waals surface area contributed by atoms with Gasteiger partial charge in [0.25, 0.3) is 0 Å². The molecule has 1 fully saturated rings. The monoisotopic (exact) mass is 255 g/mol. The van der Waals surface area contributed by atoms with Crippen molar-refractivity contribution in [1.29, 1.82) is 0 Å². The fourth-order valence-electron chi connectivity index (χ4n) is 2.69. The molecule has 2 rings (SSSR count). The van der Waals surface area contributed by atoms with Crippen LogP contribution in [0.2, 0.25) is 0 Å². The van der Waals surface area contributed by atoms with E-state index in [4.69, 9.17) is 11.6 Å². The van der Waals surface area contributed by atoms with Gasteiger partial charge in [-0.15, -0.1) is 0 Å². The molecule has 94 valence electrons. The zero-order valence-corrected chi connectivity index (χ0v) is 10.9. The van der Waals surface area contributed by atoms with E-state index in [1.54, 1.807) is 4.90 Å². The molecule has 1 heterocycles. The Labute approximate surface area is 107 Å². The summed E-state index contributed by atoms with van der Waals surface area (Å²) in [7, 11) is 1.83. The summed E-state index contributed by atoms with van der Waals surface area (Å²) < 4.78 is 0. The number of ketones is 1. The van der Waals surface area contributed by atoms with Crippen LogP contribution < -0.4 is 0 Å². The average molecular weight is 256 g/mol. The van der Waals surface area contributed by atoms with E-state index in [9.17, 15) is 9.59 Å². The maximum Gasteiger partial charge on any atom is 0.229 e. The van der Waals surface area contributed by atoms with Crippen LogP contribution in [0.25, 0.3) is 0 Å². The molecule has 0 aromatic carbocycles. The number of hydrogen-bond acceptors (Lipinski definition) is 2. The van der Waals surface area contributed by atoms with Gasteiger partial charge >= 0.3 is 0 Å². The third-order valence-corrected chi connectivity index (χ3v) is 4.16. The van der Waals surface area contributed by atoms with Crippen LogP contribution in [0.5, 0.6) is 0 Å². The summed E-state index contributed by atoms with van der Waals surface area (Å²) in [5.41, 5.74) is 0.890. The molecule has 1 aliphatic carbocycles. The van der Waals surface area contributed by atoms with Gasteiger partial charge in [-0.05, 0) is 31.3 Å². The van der Waals surface area contributed by atoms with Crippen LogP contribution in [-0.4, -0.2) is 30.2 Å². The molecule has 4 heteroatoms. The van der Waals surface area contributed by atoms with E-state index in [1.807, 2.05) is 7.05 Å². The number of Topliss-reactive ketones (excluding diaryl/α,β-unsaturated/α-hetero) is 1. The maximum absolute atomic E-state index is 12.2. The summed E-state index contributed by atoms with van der Waals surface area (Å²) in [6, 6.07) is 0. The number of rotatable bonds is 1. The van der Waals surface area contributed by atoms with Gasteiger partial charge in [-0.1, -0.05) is 18.0 Å². The van der Waals surface area contributed by atoms with E-state index in [1.165, 1.54) is 0 Å². The van der Waals surface area contributed by atoms with Crippen molar-refractivity contribution >= 4 is 23.3 Å². The molecule has 1 unspecified atom stereocenters. The van der Waals surface area contributed by atoms with E-state index >= 15 is 0 Å². The number of halogens is 1. The standard InChI is InChI=1S/C13H18ClNO2/c1-15-8-3-2-5-10(13(15)17)9-6-4-7-11(16)12(9)14/h10H,2-8H2,1H3. The predicted molar refractivity (Wildman–Crippen MR) is 66.7 cm³/mol. The second-order valence-electron chi connectivity index (χ2n) is 4.92. The van der Waals surface area contributed by atoms with E-state index in [2.05, 4.69) is 0 Å². The third-order valence-electron chi connectivity index (χ3n) is 3.71. The number of nitrogens with zero attached hydrogens (tertiary/aromatic N) is 1. The zero-order chi connectivity index (χ0) is 12.4. The Balaban J connectivity index is 2.28. The van der Waals surface area contributed by atoms with Crippen molar-refractivity contribution in [3.63, 3.8) is 0 Å². The van der Waals surface area contributed by atoms with Gasteiger partial charge in [0.05, 0.1) is 11.0 Å². The highest BCUT2D eigenvalue weighted by Gasteiger charge is 2.32. The maximum atomic E-state index is 12.2. The Hall–Kier alpha value is -0.830. The van der Waals surface area contributed by atoms with Gasteiger partial charge in [0.2, 0.25) is 5.91 Å². The lowest BCUT2D eigenvalue weighted by molar-refractivity contribution is -0.132. The van der Waals surface area contributed by atoms with E-state index in [0.717, 1.165) is 44.2 Å². The van der Waals surface area contributed by atoms with Gasteiger partial charge in [0, 0.05) is 20.0 Å². The van der Waals surface area contributed by atoms with Crippen molar-refractivity contribution in [1.82, 2.24) is 4.90 Å². The normalized spacial score (nSPS) is 27.4. The summed E-state index contributed by atoms with van der Waals surface area (Å²) in [6.45, 7) is 0.814. The second-order valence-corrected chi connectivity index (χ2v) is 5.30. The molecular formula is C13H18ClNO2. The number of hydrogen-bond donors (Lipinski definition) is 0. The zero-order valence-electron chi connectivity index (χ0n) is 10.2. The van der Waals surface area contributed by atoms with Crippen LogP contribution in [-0.2, 0) is 9.59 Å². The first-order chi connectivity index (χ1) is 8.11. The lowest BCUT2D eigenvalue weighted by atomic mass is 9.85. The minimum absolute atomic E-state index is 0.00705. The fourth-order valence-corrected chi connectivity index (χ4v) is 3.01. The molecule has 0 aromatic heterocycles. The van der Waals surface area contributed by atoms with Crippen LogP contribution >= 0.6 is 11.6 Å². The number of amides is 1. The minimum atomic E-state index is -0.153. The molecule has 0 aromatic rings. The van der Waals surface area contributed by atoms with Gasteiger partial charge in [-0.3, -0.25) is 9.59 Å².